The molecule has 2 aromatic heterocycles. The summed E-state index contributed by atoms with van der Waals surface area (Å²) >= 11 is 0. The zero-order valence-electron chi connectivity index (χ0n) is 25.9. The van der Waals surface area contributed by atoms with Gasteiger partial charge in [-0.1, -0.05) is 85.8 Å². The van der Waals surface area contributed by atoms with Crippen LogP contribution in [0.5, 0.6) is 0 Å². The number of aromatic nitrogens is 3. The number of alkyl halides is 1. The average Bonchev–Trinajstić information content (AvgIpc) is 3.60. The van der Waals surface area contributed by atoms with Crippen molar-refractivity contribution in [2.75, 3.05) is 0 Å². The normalized spacial score (nSPS) is 13.0. The number of imidazole rings is 1. The van der Waals surface area contributed by atoms with Crippen molar-refractivity contribution in [2.24, 2.45) is 0 Å². The summed E-state index contributed by atoms with van der Waals surface area (Å²) in [6, 6.07) is 37.7. The van der Waals surface area contributed by atoms with E-state index >= 15 is 4.39 Å². The number of hydrogen-bond donors (Lipinski definition) is 0. The summed E-state index contributed by atoms with van der Waals surface area (Å²) in [5.41, 5.74) is 9.44. The van der Waals surface area contributed by atoms with Gasteiger partial charge in [0.1, 0.15) is 11.5 Å². The summed E-state index contributed by atoms with van der Waals surface area (Å²) in [4.78, 5) is 5.32. The summed E-state index contributed by atoms with van der Waals surface area (Å²) in [5.74, 6) is 0.742. The van der Waals surface area contributed by atoms with Gasteiger partial charge in [-0.05, 0) is 81.1 Å². The van der Waals surface area contributed by atoms with Crippen molar-refractivity contribution in [1.29, 1.82) is 0 Å². The van der Waals surface area contributed by atoms with E-state index in [1.807, 2.05) is 37.3 Å². The lowest BCUT2D eigenvalue weighted by Crippen LogP contribution is -2.16. The fourth-order valence-corrected chi connectivity index (χ4v) is 6.59. The van der Waals surface area contributed by atoms with Gasteiger partial charge in [-0.3, -0.25) is 4.57 Å². The van der Waals surface area contributed by atoms with E-state index in [-0.39, 0.29) is 0 Å². The molecule has 0 aliphatic carbocycles. The maximum atomic E-state index is 16.9. The van der Waals surface area contributed by atoms with Gasteiger partial charge < -0.3 is 4.57 Å². The number of para-hydroxylation sites is 3. The summed E-state index contributed by atoms with van der Waals surface area (Å²) in [7, 11) is 0. The van der Waals surface area contributed by atoms with Crippen LogP contribution < -0.4 is 0 Å². The molecule has 7 aromatic rings. The predicted molar refractivity (Wildman–Crippen MR) is 182 cm³/mol. The van der Waals surface area contributed by atoms with Crippen molar-refractivity contribution in [3.63, 3.8) is 0 Å². The van der Waals surface area contributed by atoms with Gasteiger partial charge in [0.2, 0.25) is 0 Å². The van der Waals surface area contributed by atoms with Crippen molar-refractivity contribution in [3.8, 4) is 34.0 Å². The van der Waals surface area contributed by atoms with Crippen LogP contribution in [0.4, 0.5) is 4.39 Å². The topological polar surface area (TPSA) is 22.8 Å². The van der Waals surface area contributed by atoms with Crippen LogP contribution >= 0.6 is 0 Å². The molecule has 0 N–H and O–H groups in total. The Morgan fingerprint density at radius 3 is 2.07 bits per heavy atom. The molecule has 1 atom stereocenters. The number of fused-ring (bicyclic) bond motifs is 3. The van der Waals surface area contributed by atoms with E-state index in [0.29, 0.717) is 12.0 Å². The van der Waals surface area contributed by atoms with Crippen LogP contribution in [0.15, 0.2) is 115 Å². The van der Waals surface area contributed by atoms with E-state index in [4.69, 9.17) is 4.98 Å². The molecule has 0 bridgehead atoms. The van der Waals surface area contributed by atoms with Gasteiger partial charge in [-0.25, -0.2) is 9.37 Å². The lowest BCUT2D eigenvalue weighted by atomic mass is 9.89. The highest BCUT2D eigenvalue weighted by Gasteiger charge is 2.31. The third-order valence-corrected chi connectivity index (χ3v) is 9.10. The third-order valence-electron chi connectivity index (χ3n) is 9.10. The molecule has 0 saturated carbocycles. The van der Waals surface area contributed by atoms with Gasteiger partial charge in [0.25, 0.3) is 0 Å². The van der Waals surface area contributed by atoms with E-state index in [1.165, 1.54) is 0 Å². The highest BCUT2D eigenvalue weighted by Crippen LogP contribution is 2.44. The lowest BCUT2D eigenvalue weighted by molar-refractivity contribution is 0.186. The highest BCUT2D eigenvalue weighted by atomic mass is 19.1. The maximum Gasteiger partial charge on any atom is 0.145 e. The van der Waals surface area contributed by atoms with Crippen molar-refractivity contribution in [2.45, 2.75) is 46.7 Å². The zero-order valence-corrected chi connectivity index (χ0v) is 25.9. The zero-order chi connectivity index (χ0) is 30.6. The average molecular weight is 578 g/mol. The Balaban J connectivity index is 1.62. The summed E-state index contributed by atoms with van der Waals surface area (Å²) in [6.07, 6.45) is 2.46. The molecule has 218 valence electrons. The SMILES string of the molecule is CCC(C)(F)c1cc2c(cc1-c1nc(-c3ccccc3C)cn1-c1c(C)cccc1C)c1ccccc1n2-c1ccccc1. The van der Waals surface area contributed by atoms with Crippen molar-refractivity contribution < 1.29 is 4.39 Å². The minimum Gasteiger partial charge on any atom is -0.309 e. The second-order valence-corrected chi connectivity index (χ2v) is 12.0. The van der Waals surface area contributed by atoms with Gasteiger partial charge in [-0.15, -0.1) is 0 Å². The van der Waals surface area contributed by atoms with Crippen molar-refractivity contribution in [3.05, 3.63) is 138 Å². The van der Waals surface area contributed by atoms with E-state index in [2.05, 4.69) is 115 Å². The maximum absolute atomic E-state index is 16.9. The van der Waals surface area contributed by atoms with Crippen LogP contribution in [0, 0.1) is 20.8 Å². The highest BCUT2D eigenvalue weighted by molar-refractivity contribution is 6.11. The number of benzene rings is 5. The van der Waals surface area contributed by atoms with Gasteiger partial charge in [0.05, 0.1) is 22.4 Å². The molecule has 0 radical (unpaired) electrons. The number of halogens is 1. The first-order valence-corrected chi connectivity index (χ1v) is 15.3. The molecule has 44 heavy (non-hydrogen) atoms. The van der Waals surface area contributed by atoms with Crippen LogP contribution in [0.1, 0.15) is 42.5 Å². The second-order valence-electron chi connectivity index (χ2n) is 12.0. The molecule has 0 amide bonds. The molecule has 0 spiro atoms. The fraction of sp³-hybridized carbons (Fsp3) is 0.175. The van der Waals surface area contributed by atoms with E-state index in [1.54, 1.807) is 6.92 Å². The minimum atomic E-state index is -1.58. The van der Waals surface area contributed by atoms with Crippen molar-refractivity contribution in [1.82, 2.24) is 14.1 Å². The molecule has 0 aliphatic heterocycles. The Bertz CT molecular complexity index is 2140. The quantitative estimate of drug-likeness (QED) is 0.193. The number of nitrogens with zero attached hydrogens (tertiary/aromatic N) is 3. The molecule has 4 heteroatoms. The number of aryl methyl sites for hydroxylation is 3. The molecule has 1 unspecified atom stereocenters. The van der Waals surface area contributed by atoms with Crippen molar-refractivity contribution >= 4 is 21.8 Å². The molecule has 3 nitrogen and oxygen atoms in total. The van der Waals surface area contributed by atoms with Crippen LogP contribution in [0.2, 0.25) is 0 Å². The largest absolute Gasteiger partial charge is 0.309 e. The third kappa shape index (κ3) is 4.44. The Morgan fingerprint density at radius 2 is 1.34 bits per heavy atom. The predicted octanol–water partition coefficient (Wildman–Crippen LogP) is 10.8. The molecule has 5 aromatic carbocycles. The molecule has 0 aliphatic rings. The summed E-state index contributed by atoms with van der Waals surface area (Å²) in [5, 5.41) is 2.20. The first kappa shape index (κ1) is 27.8. The van der Waals surface area contributed by atoms with E-state index < -0.39 is 5.67 Å². The number of rotatable bonds is 6. The molecule has 2 heterocycles. The Morgan fingerprint density at radius 1 is 0.682 bits per heavy atom. The van der Waals surface area contributed by atoms with Gasteiger partial charge in [-0.2, -0.15) is 0 Å². The first-order valence-electron chi connectivity index (χ1n) is 15.3. The lowest BCUT2D eigenvalue weighted by Gasteiger charge is -2.24. The Kier molecular flexibility index (Phi) is 6.73. The fourth-order valence-electron chi connectivity index (χ4n) is 6.59. The van der Waals surface area contributed by atoms with Crippen LogP contribution in [0.3, 0.4) is 0 Å². The standard InChI is InChI=1S/C40H36FN3/c1-6-40(5,41)34-24-37-32(31-21-12-13-22-36(31)44(37)29-18-8-7-9-19-29)23-33(34)39-42-35(30-20-11-10-15-26(30)2)25-43(39)38-27(3)16-14-17-28(38)4/h7-25H,6H2,1-5H3. The van der Waals surface area contributed by atoms with Gasteiger partial charge >= 0.3 is 0 Å². The second kappa shape index (κ2) is 10.6. The van der Waals surface area contributed by atoms with Crippen LogP contribution in [-0.4, -0.2) is 14.1 Å². The smallest absolute Gasteiger partial charge is 0.145 e. The minimum absolute atomic E-state index is 0.339. The molecular formula is C40H36FN3. The van der Waals surface area contributed by atoms with Gasteiger partial charge in [0, 0.05) is 39.3 Å². The Hall–Kier alpha value is -4.96. The Labute approximate surface area is 258 Å². The molecule has 7 rings (SSSR count). The molecule has 0 saturated heterocycles. The molecular weight excluding hydrogens is 541 g/mol. The van der Waals surface area contributed by atoms with Crippen LogP contribution in [0.25, 0.3) is 55.8 Å². The number of hydrogen-bond acceptors (Lipinski definition) is 1. The molecule has 0 fully saturated rings. The first-order chi connectivity index (χ1) is 21.3. The summed E-state index contributed by atoms with van der Waals surface area (Å²) < 4.78 is 21.3. The van der Waals surface area contributed by atoms with E-state index in [9.17, 15) is 0 Å². The summed E-state index contributed by atoms with van der Waals surface area (Å²) in [6.45, 7) is 9.97. The van der Waals surface area contributed by atoms with Crippen LogP contribution in [-0.2, 0) is 5.67 Å². The van der Waals surface area contributed by atoms with E-state index in [0.717, 1.165) is 72.5 Å². The monoisotopic (exact) mass is 577 g/mol. The van der Waals surface area contributed by atoms with Gasteiger partial charge in [0.15, 0.2) is 0 Å².